The summed E-state index contributed by atoms with van der Waals surface area (Å²) < 4.78 is 0. The average Bonchev–Trinajstić information content (AvgIpc) is 2.47. The minimum Gasteiger partial charge on any atom is -0.345 e. The summed E-state index contributed by atoms with van der Waals surface area (Å²) in [5.74, 6) is 0.580. The van der Waals surface area contributed by atoms with Crippen LogP contribution >= 0.6 is 11.6 Å². The van der Waals surface area contributed by atoms with Gasteiger partial charge < -0.3 is 4.98 Å². The first-order chi connectivity index (χ1) is 6.22. The van der Waals surface area contributed by atoms with E-state index in [2.05, 4.69) is 15.0 Å². The summed E-state index contributed by atoms with van der Waals surface area (Å²) in [6.07, 6.45) is 2.29. The van der Waals surface area contributed by atoms with Gasteiger partial charge >= 0.3 is 0 Å². The molecule has 0 fully saturated rings. The monoisotopic (exact) mass is 195 g/mol. The van der Waals surface area contributed by atoms with Crippen molar-refractivity contribution in [3.63, 3.8) is 0 Å². The van der Waals surface area contributed by atoms with Crippen LogP contribution in [0.4, 0.5) is 0 Å². The number of hydrogen-bond acceptors (Lipinski definition) is 3. The van der Waals surface area contributed by atoms with Crippen LogP contribution in [0.3, 0.4) is 0 Å². The van der Waals surface area contributed by atoms with Crippen molar-refractivity contribution in [2.75, 3.05) is 0 Å². The Kier molecular flexibility index (Phi) is 1.77. The Morgan fingerprint density at radius 1 is 1.54 bits per heavy atom. The third kappa shape index (κ3) is 1.19. The number of aldehydes is 1. The molecular weight excluding hydrogens is 190 g/mol. The number of halogens is 1. The number of aryl methyl sites for hydroxylation is 1. The maximum Gasteiger partial charge on any atom is 0.152 e. The number of fused-ring (bicyclic) bond motifs is 1. The number of nitrogens with zero attached hydrogens (tertiary/aromatic N) is 2. The highest BCUT2D eigenvalue weighted by atomic mass is 35.5. The predicted molar refractivity (Wildman–Crippen MR) is 49.0 cm³/mol. The largest absolute Gasteiger partial charge is 0.345 e. The first-order valence-electron chi connectivity index (χ1n) is 3.69. The third-order valence-electron chi connectivity index (χ3n) is 1.76. The molecule has 0 amide bonds. The van der Waals surface area contributed by atoms with E-state index in [4.69, 9.17) is 11.6 Å². The summed E-state index contributed by atoms with van der Waals surface area (Å²) in [6, 6.07) is 0. The summed E-state index contributed by atoms with van der Waals surface area (Å²) in [5.41, 5.74) is 1.08. The Balaban J connectivity index is 2.89. The molecule has 2 aromatic rings. The van der Waals surface area contributed by atoms with Crippen molar-refractivity contribution in [1.82, 2.24) is 15.0 Å². The van der Waals surface area contributed by atoms with Gasteiger partial charge in [-0.1, -0.05) is 11.6 Å². The fourth-order valence-corrected chi connectivity index (χ4v) is 1.53. The Morgan fingerprint density at radius 3 is 3.00 bits per heavy atom. The Bertz CT molecular complexity index is 477. The second kappa shape index (κ2) is 2.81. The molecule has 0 bridgehead atoms. The van der Waals surface area contributed by atoms with Crippen molar-refractivity contribution in [3.8, 4) is 0 Å². The molecule has 0 spiro atoms. The van der Waals surface area contributed by atoms with Gasteiger partial charge in [-0.3, -0.25) is 4.79 Å². The van der Waals surface area contributed by atoms with Gasteiger partial charge in [0.15, 0.2) is 6.29 Å². The number of rotatable bonds is 1. The van der Waals surface area contributed by atoms with Crippen LogP contribution in [0.1, 0.15) is 16.2 Å². The van der Waals surface area contributed by atoms with Crippen LogP contribution in [0.25, 0.3) is 11.0 Å². The van der Waals surface area contributed by atoms with Crippen molar-refractivity contribution in [2.24, 2.45) is 0 Å². The summed E-state index contributed by atoms with van der Waals surface area (Å²) in [7, 11) is 0. The zero-order chi connectivity index (χ0) is 9.42. The number of hydrogen-bond donors (Lipinski definition) is 1. The van der Waals surface area contributed by atoms with E-state index in [0.29, 0.717) is 27.6 Å². The van der Waals surface area contributed by atoms with Crippen LogP contribution in [-0.2, 0) is 0 Å². The molecule has 2 rings (SSSR count). The normalized spacial score (nSPS) is 10.6. The lowest BCUT2D eigenvalue weighted by atomic mass is 10.3. The molecule has 0 atom stereocenters. The fourth-order valence-electron chi connectivity index (χ4n) is 1.21. The van der Waals surface area contributed by atoms with Gasteiger partial charge in [-0.15, -0.1) is 0 Å². The van der Waals surface area contributed by atoms with E-state index in [1.807, 2.05) is 0 Å². The maximum atomic E-state index is 10.6. The van der Waals surface area contributed by atoms with Crippen molar-refractivity contribution in [1.29, 1.82) is 0 Å². The van der Waals surface area contributed by atoms with Crippen LogP contribution in [0.2, 0.25) is 5.15 Å². The lowest BCUT2D eigenvalue weighted by Crippen LogP contribution is -1.89. The molecule has 0 saturated heterocycles. The zero-order valence-corrected chi connectivity index (χ0v) is 7.59. The van der Waals surface area contributed by atoms with Crippen LogP contribution in [0.15, 0.2) is 6.20 Å². The first kappa shape index (κ1) is 8.19. The number of carbonyl (C=O) groups is 1. The summed E-state index contributed by atoms with van der Waals surface area (Å²) in [4.78, 5) is 21.5. The van der Waals surface area contributed by atoms with Gasteiger partial charge in [-0.25, -0.2) is 9.97 Å². The highest BCUT2D eigenvalue weighted by molar-refractivity contribution is 6.34. The van der Waals surface area contributed by atoms with Crippen LogP contribution in [-0.4, -0.2) is 21.2 Å². The van der Waals surface area contributed by atoms with Crippen molar-refractivity contribution in [2.45, 2.75) is 6.92 Å². The van der Waals surface area contributed by atoms with Gasteiger partial charge in [0, 0.05) is 11.8 Å². The molecule has 13 heavy (non-hydrogen) atoms. The second-order valence-electron chi connectivity index (χ2n) is 2.65. The van der Waals surface area contributed by atoms with E-state index >= 15 is 0 Å². The Labute approximate surface area is 79.0 Å². The molecule has 0 radical (unpaired) electrons. The fraction of sp³-hybridized carbons (Fsp3) is 0.125. The van der Waals surface area contributed by atoms with E-state index in [1.165, 1.54) is 0 Å². The average molecular weight is 196 g/mol. The maximum absolute atomic E-state index is 10.6. The van der Waals surface area contributed by atoms with Crippen LogP contribution in [0, 0.1) is 6.92 Å². The number of aromatic nitrogens is 3. The SMILES string of the molecule is Cc1nc(Cl)c2c(C=O)c[nH]c2n1. The van der Waals surface area contributed by atoms with E-state index in [0.717, 1.165) is 6.29 Å². The highest BCUT2D eigenvalue weighted by Gasteiger charge is 2.09. The molecule has 0 aliphatic rings. The molecule has 4 nitrogen and oxygen atoms in total. The van der Waals surface area contributed by atoms with Crippen molar-refractivity contribution in [3.05, 3.63) is 22.7 Å². The topological polar surface area (TPSA) is 58.6 Å². The number of aromatic amines is 1. The smallest absolute Gasteiger partial charge is 0.152 e. The molecule has 66 valence electrons. The minimum atomic E-state index is 0.311. The number of carbonyl (C=O) groups excluding carboxylic acids is 1. The van der Waals surface area contributed by atoms with Crippen LogP contribution < -0.4 is 0 Å². The minimum absolute atomic E-state index is 0.311. The van der Waals surface area contributed by atoms with Crippen molar-refractivity contribution < 1.29 is 4.79 Å². The van der Waals surface area contributed by atoms with E-state index in [-0.39, 0.29) is 0 Å². The first-order valence-corrected chi connectivity index (χ1v) is 4.06. The van der Waals surface area contributed by atoms with Gasteiger partial charge in [0.1, 0.15) is 16.6 Å². The molecule has 1 N–H and O–H groups in total. The zero-order valence-electron chi connectivity index (χ0n) is 6.84. The van der Waals surface area contributed by atoms with Crippen LogP contribution in [0.5, 0.6) is 0 Å². The van der Waals surface area contributed by atoms with Gasteiger partial charge in [-0.05, 0) is 6.92 Å². The van der Waals surface area contributed by atoms with Gasteiger partial charge in [0.05, 0.1) is 5.39 Å². The van der Waals surface area contributed by atoms with Gasteiger partial charge in [-0.2, -0.15) is 0 Å². The second-order valence-corrected chi connectivity index (χ2v) is 3.01. The summed E-state index contributed by atoms with van der Waals surface area (Å²) >= 11 is 5.86. The molecule has 0 aliphatic heterocycles. The molecule has 5 heteroatoms. The summed E-state index contributed by atoms with van der Waals surface area (Å²) in [6.45, 7) is 1.74. The molecule has 2 heterocycles. The van der Waals surface area contributed by atoms with E-state index < -0.39 is 0 Å². The molecular formula is C8H6ClN3O. The quantitative estimate of drug-likeness (QED) is 0.557. The Morgan fingerprint density at radius 2 is 2.31 bits per heavy atom. The molecule has 0 aromatic carbocycles. The van der Waals surface area contributed by atoms with Gasteiger partial charge in [0.25, 0.3) is 0 Å². The standard InChI is InChI=1S/C8H6ClN3O/c1-4-11-7(9)6-5(3-13)2-10-8(6)12-4/h2-3H,1H3,(H,10,11,12). The number of nitrogens with one attached hydrogen (secondary N) is 1. The predicted octanol–water partition coefficient (Wildman–Crippen LogP) is 1.73. The highest BCUT2D eigenvalue weighted by Crippen LogP contribution is 2.22. The number of H-pyrrole nitrogens is 1. The molecule has 2 aromatic heterocycles. The molecule has 0 unspecified atom stereocenters. The lowest BCUT2D eigenvalue weighted by Gasteiger charge is -1.95. The van der Waals surface area contributed by atoms with E-state index in [9.17, 15) is 4.79 Å². The van der Waals surface area contributed by atoms with E-state index in [1.54, 1.807) is 13.1 Å². The summed E-state index contributed by atoms with van der Waals surface area (Å²) in [5, 5.41) is 0.896. The third-order valence-corrected chi connectivity index (χ3v) is 2.03. The van der Waals surface area contributed by atoms with Crippen molar-refractivity contribution >= 4 is 28.9 Å². The van der Waals surface area contributed by atoms with Gasteiger partial charge in [0.2, 0.25) is 0 Å². The molecule has 0 saturated carbocycles. The molecule has 0 aliphatic carbocycles. The lowest BCUT2D eigenvalue weighted by molar-refractivity contribution is 0.112. The Hall–Kier alpha value is -1.42.